The van der Waals surface area contributed by atoms with Crippen molar-refractivity contribution in [2.24, 2.45) is 0 Å². The molecule has 0 saturated heterocycles. The van der Waals surface area contributed by atoms with E-state index in [0.717, 1.165) is 25.0 Å². The van der Waals surface area contributed by atoms with Crippen molar-refractivity contribution in [3.8, 4) is 0 Å². The van der Waals surface area contributed by atoms with Gasteiger partial charge in [-0.2, -0.15) is 13.2 Å². The van der Waals surface area contributed by atoms with Gasteiger partial charge in [0.25, 0.3) is 0 Å². The molecule has 0 amide bonds. The second-order valence-corrected chi connectivity index (χ2v) is 7.83. The van der Waals surface area contributed by atoms with Crippen LogP contribution >= 0.6 is 0 Å². The van der Waals surface area contributed by atoms with Crippen LogP contribution in [0.25, 0.3) is 0 Å². The molecule has 0 aliphatic heterocycles. The Hall–Kier alpha value is 0.556. The summed E-state index contributed by atoms with van der Waals surface area (Å²) in [7, 11) is -3.98. The Morgan fingerprint density at radius 1 is 0.815 bits per heavy atom. The molecule has 0 aromatic heterocycles. The van der Waals surface area contributed by atoms with Gasteiger partial charge in [-0.05, 0) is 6.42 Å². The third-order valence-corrected chi connectivity index (χ3v) is 4.64. The van der Waals surface area contributed by atoms with Crippen LogP contribution in [-0.4, -0.2) is 18.7 Å². The summed E-state index contributed by atoms with van der Waals surface area (Å²) in [5.74, 6) is -0.191. The molecule has 152 valence electrons. The van der Waals surface area contributed by atoms with Crippen molar-refractivity contribution < 1.29 is 77.5 Å². The number of alkyl halides is 3. The van der Waals surface area contributed by atoms with Gasteiger partial charge in [-0.25, -0.2) is 8.42 Å². The molecule has 27 heavy (non-hydrogen) atoms. The van der Waals surface area contributed by atoms with Gasteiger partial charge in [0.1, 0.15) is 0 Å². The van der Waals surface area contributed by atoms with Crippen molar-refractivity contribution >= 4 is 10.1 Å². The van der Waals surface area contributed by atoms with E-state index in [1.54, 1.807) is 6.07 Å². The van der Waals surface area contributed by atoms with E-state index in [2.05, 4.69) is 6.92 Å². The summed E-state index contributed by atoms with van der Waals surface area (Å²) < 4.78 is 66.3. The fraction of sp³-hybridized carbons (Fsp3) is 0.684. The summed E-state index contributed by atoms with van der Waals surface area (Å²) in [6.45, 7) is 2.21. The van der Waals surface area contributed by atoms with Gasteiger partial charge in [-0.15, -0.1) is 0 Å². The zero-order chi connectivity index (χ0) is 19.9. The predicted octanol–water partition coefficient (Wildman–Crippen LogP) is 3.16. The number of hydrogen-bond acceptors (Lipinski definition) is 3. The summed E-state index contributed by atoms with van der Waals surface area (Å²) >= 11 is 0. The van der Waals surface area contributed by atoms with E-state index in [0.29, 0.717) is 6.42 Å². The van der Waals surface area contributed by atoms with Crippen molar-refractivity contribution in [3.05, 3.63) is 35.9 Å². The molecule has 8 heteroatoms. The van der Waals surface area contributed by atoms with Gasteiger partial charge in [0.15, 0.2) is 0 Å². The first-order valence-corrected chi connectivity index (χ1v) is 10.8. The first kappa shape index (κ1) is 29.8. The normalized spacial score (nSPS) is 11.3. The molecule has 0 N–H and O–H groups in total. The molecule has 1 aromatic carbocycles. The predicted molar refractivity (Wildman–Crippen MR) is 97.9 cm³/mol. The third-order valence-electron chi connectivity index (χ3n) is 3.85. The van der Waals surface area contributed by atoms with Gasteiger partial charge in [0, 0.05) is 5.75 Å². The standard InChI is InChI=1S/C12H26O3S.C7H5F3.K/c1-2-3-4-5-6-7-8-9-10-11-12-16(13,14)15;8-7(9,10)6-4-2-1-3-5-6;/h2-12H2,1H3,(H,13,14,15);1-5H;/q;;+1/p-1. The van der Waals surface area contributed by atoms with Gasteiger partial charge in [0.2, 0.25) is 0 Å². The third kappa shape index (κ3) is 21.1. The smallest absolute Gasteiger partial charge is 0.748 e. The van der Waals surface area contributed by atoms with Crippen LogP contribution in [-0.2, 0) is 16.3 Å². The van der Waals surface area contributed by atoms with Crippen molar-refractivity contribution in [2.75, 3.05) is 5.75 Å². The largest absolute Gasteiger partial charge is 1.00 e. The molecule has 0 fully saturated rings. The summed E-state index contributed by atoms with van der Waals surface area (Å²) in [5.41, 5.74) is -0.602. The maximum absolute atomic E-state index is 11.8. The van der Waals surface area contributed by atoms with E-state index < -0.39 is 21.9 Å². The Labute approximate surface area is 204 Å². The molecule has 0 aliphatic carbocycles. The van der Waals surface area contributed by atoms with Gasteiger partial charge in [0.05, 0.1) is 15.7 Å². The summed E-state index contributed by atoms with van der Waals surface area (Å²) in [6.07, 6.45) is 7.24. The van der Waals surface area contributed by atoms with Gasteiger partial charge < -0.3 is 4.55 Å². The maximum atomic E-state index is 11.8. The quantitative estimate of drug-likeness (QED) is 0.305. The molecule has 3 nitrogen and oxygen atoms in total. The Kier molecular flexibility index (Phi) is 19.2. The van der Waals surface area contributed by atoms with E-state index in [1.807, 2.05) is 0 Å². The van der Waals surface area contributed by atoms with Gasteiger partial charge in [-0.1, -0.05) is 95.0 Å². The summed E-state index contributed by atoms with van der Waals surface area (Å²) in [6, 6.07) is 6.36. The minimum atomic E-state index is -4.21. The Morgan fingerprint density at radius 2 is 1.22 bits per heavy atom. The van der Waals surface area contributed by atoms with Crippen molar-refractivity contribution in [1.82, 2.24) is 0 Å². The van der Waals surface area contributed by atoms with Gasteiger partial charge >= 0.3 is 57.6 Å². The van der Waals surface area contributed by atoms with Crippen LogP contribution < -0.4 is 51.4 Å². The molecule has 0 spiro atoms. The SMILES string of the molecule is CCCCCCCCCCCCS(=O)(=O)[O-].FC(F)(F)c1ccccc1.[K+]. The van der Waals surface area contributed by atoms with Crippen LogP contribution in [0.4, 0.5) is 13.2 Å². The molecule has 0 bridgehead atoms. The molecule has 0 aliphatic rings. The zero-order valence-corrected chi connectivity index (χ0v) is 20.4. The molecule has 1 rings (SSSR count). The first-order valence-electron chi connectivity index (χ1n) is 9.22. The van der Waals surface area contributed by atoms with Crippen LogP contribution in [0, 0.1) is 0 Å². The Balaban J connectivity index is 0. The summed E-state index contributed by atoms with van der Waals surface area (Å²) in [4.78, 5) is 0. The molecule has 1 aromatic rings. The molecule has 0 unspecified atom stereocenters. The van der Waals surface area contributed by atoms with Crippen LogP contribution in [0.1, 0.15) is 76.7 Å². The second kappa shape index (κ2) is 17.4. The molecule has 0 heterocycles. The van der Waals surface area contributed by atoms with E-state index in [9.17, 15) is 26.1 Å². The Bertz CT molecular complexity index is 549. The maximum Gasteiger partial charge on any atom is 1.00 e. The fourth-order valence-electron chi connectivity index (χ4n) is 2.39. The molecule has 0 saturated carbocycles. The van der Waals surface area contributed by atoms with Crippen molar-refractivity contribution in [1.29, 1.82) is 0 Å². The molecule has 0 radical (unpaired) electrons. The number of rotatable bonds is 11. The average Bonchev–Trinajstić information content (AvgIpc) is 2.56. The van der Waals surface area contributed by atoms with E-state index in [-0.39, 0.29) is 57.1 Å². The monoisotopic (exact) mass is 434 g/mol. The second-order valence-electron chi connectivity index (χ2n) is 6.31. The van der Waals surface area contributed by atoms with Crippen LogP contribution in [0.5, 0.6) is 0 Å². The van der Waals surface area contributed by atoms with Gasteiger partial charge in [-0.3, -0.25) is 0 Å². The minimum Gasteiger partial charge on any atom is -0.748 e. The van der Waals surface area contributed by atoms with Crippen molar-refractivity contribution in [3.63, 3.8) is 0 Å². The van der Waals surface area contributed by atoms with E-state index in [4.69, 9.17) is 0 Å². The first-order chi connectivity index (χ1) is 12.2. The molecular formula is C19H30F3KO3S. The van der Waals surface area contributed by atoms with Crippen LogP contribution in [0.15, 0.2) is 30.3 Å². The number of unbranched alkanes of at least 4 members (excludes halogenated alkanes) is 9. The minimum absolute atomic E-state index is 0. The fourth-order valence-corrected chi connectivity index (χ4v) is 2.95. The zero-order valence-electron chi connectivity index (χ0n) is 16.4. The topological polar surface area (TPSA) is 57.2 Å². The molecular weight excluding hydrogens is 404 g/mol. The number of halogens is 3. The van der Waals surface area contributed by atoms with Crippen LogP contribution in [0.2, 0.25) is 0 Å². The molecule has 0 atom stereocenters. The van der Waals surface area contributed by atoms with Crippen LogP contribution in [0.3, 0.4) is 0 Å². The summed E-state index contributed by atoms with van der Waals surface area (Å²) in [5, 5.41) is 0. The number of hydrogen-bond donors (Lipinski definition) is 0. The van der Waals surface area contributed by atoms with E-state index in [1.165, 1.54) is 57.1 Å². The number of benzene rings is 1. The average molecular weight is 435 g/mol. The Morgan fingerprint density at radius 3 is 1.56 bits per heavy atom. The van der Waals surface area contributed by atoms with E-state index >= 15 is 0 Å². The van der Waals surface area contributed by atoms with Crippen molar-refractivity contribution in [2.45, 2.75) is 77.3 Å².